The molecule has 1 aliphatic heterocycles. The molecule has 19 heavy (non-hydrogen) atoms. The Hall–Kier alpha value is -1.44. The van der Waals surface area contributed by atoms with E-state index in [4.69, 9.17) is 10.5 Å². The molecule has 0 saturated carbocycles. The van der Waals surface area contributed by atoms with Crippen molar-refractivity contribution in [2.24, 2.45) is 5.73 Å². The van der Waals surface area contributed by atoms with Gasteiger partial charge in [0, 0.05) is 0 Å². The average molecular weight is 284 g/mol. The number of rotatable bonds is 5. The number of benzene rings is 1. The summed E-state index contributed by atoms with van der Waals surface area (Å²) >= 11 is 0. The third-order valence-electron chi connectivity index (χ3n) is 2.95. The molecule has 0 unspecified atom stereocenters. The Labute approximate surface area is 112 Å². The molecule has 1 heterocycles. The van der Waals surface area contributed by atoms with Crippen molar-refractivity contribution >= 4 is 15.9 Å². The van der Waals surface area contributed by atoms with Gasteiger partial charge in [-0.1, -0.05) is 17.7 Å². The maximum Gasteiger partial charge on any atom is 0.241 e. The van der Waals surface area contributed by atoms with Crippen LogP contribution in [0.1, 0.15) is 12.0 Å². The summed E-state index contributed by atoms with van der Waals surface area (Å²) in [7, 11) is -3.68. The van der Waals surface area contributed by atoms with Crippen molar-refractivity contribution in [3.63, 3.8) is 0 Å². The van der Waals surface area contributed by atoms with Crippen molar-refractivity contribution < 1.29 is 17.9 Å². The number of nitrogens with two attached hydrogens (primary N) is 1. The van der Waals surface area contributed by atoms with Crippen molar-refractivity contribution in [2.75, 3.05) is 13.2 Å². The summed E-state index contributed by atoms with van der Waals surface area (Å²) in [4.78, 5) is 11.2. The SMILES string of the molecule is Cc1ccc(S(=O)(=O)NC2(CC(N)=O)COC2)cc1. The van der Waals surface area contributed by atoms with Gasteiger partial charge in [-0.3, -0.25) is 4.79 Å². The smallest absolute Gasteiger partial charge is 0.241 e. The maximum absolute atomic E-state index is 12.2. The second-order valence-electron chi connectivity index (χ2n) is 4.83. The Morgan fingerprint density at radius 3 is 2.37 bits per heavy atom. The molecule has 7 heteroatoms. The molecule has 1 aromatic carbocycles. The van der Waals surface area contributed by atoms with Crippen molar-refractivity contribution in [2.45, 2.75) is 23.8 Å². The topological polar surface area (TPSA) is 98.5 Å². The minimum atomic E-state index is -3.68. The van der Waals surface area contributed by atoms with Gasteiger partial charge in [0.1, 0.15) is 0 Å². The van der Waals surface area contributed by atoms with Crippen LogP contribution in [0.5, 0.6) is 0 Å². The lowest BCUT2D eigenvalue weighted by Crippen LogP contribution is -2.63. The van der Waals surface area contributed by atoms with Crippen LogP contribution < -0.4 is 10.5 Å². The molecular formula is C12H16N2O4S. The molecule has 104 valence electrons. The van der Waals surface area contributed by atoms with E-state index in [9.17, 15) is 13.2 Å². The van der Waals surface area contributed by atoms with Gasteiger partial charge in [-0.05, 0) is 19.1 Å². The normalized spacial score (nSPS) is 17.7. The predicted molar refractivity (Wildman–Crippen MR) is 68.9 cm³/mol. The molecule has 1 saturated heterocycles. The minimum Gasteiger partial charge on any atom is -0.377 e. The molecule has 0 bridgehead atoms. The first-order valence-electron chi connectivity index (χ1n) is 5.80. The zero-order valence-electron chi connectivity index (χ0n) is 10.5. The fourth-order valence-electron chi connectivity index (χ4n) is 1.94. The highest BCUT2D eigenvalue weighted by Gasteiger charge is 2.43. The number of ether oxygens (including phenoxy) is 1. The third-order valence-corrected chi connectivity index (χ3v) is 4.55. The standard InChI is InChI=1S/C12H16N2O4S/c1-9-2-4-10(5-3-9)19(16,17)14-12(6-11(13)15)7-18-8-12/h2-5,14H,6-8H2,1H3,(H2,13,15). The number of hydrogen-bond donors (Lipinski definition) is 2. The lowest BCUT2D eigenvalue weighted by molar-refractivity contribution is -0.126. The molecule has 1 amide bonds. The first-order chi connectivity index (χ1) is 8.83. The number of sulfonamides is 1. The van der Waals surface area contributed by atoms with Crippen molar-refractivity contribution in [3.05, 3.63) is 29.8 Å². The summed E-state index contributed by atoms with van der Waals surface area (Å²) < 4.78 is 32.0. The highest BCUT2D eigenvalue weighted by molar-refractivity contribution is 7.89. The van der Waals surface area contributed by atoms with Crippen LogP contribution in [0.3, 0.4) is 0 Å². The van der Waals surface area contributed by atoms with E-state index in [-0.39, 0.29) is 24.5 Å². The van der Waals surface area contributed by atoms with Crippen molar-refractivity contribution in [1.29, 1.82) is 0 Å². The van der Waals surface area contributed by atoms with E-state index in [1.807, 2.05) is 6.92 Å². The Morgan fingerprint density at radius 2 is 1.95 bits per heavy atom. The van der Waals surface area contributed by atoms with E-state index >= 15 is 0 Å². The lowest BCUT2D eigenvalue weighted by Gasteiger charge is -2.40. The number of amides is 1. The summed E-state index contributed by atoms with van der Waals surface area (Å²) in [5.41, 5.74) is 5.20. The Kier molecular flexibility index (Phi) is 3.62. The number of carbonyl (C=O) groups excluding carboxylic acids is 1. The van der Waals surface area contributed by atoms with Crippen LogP contribution in [-0.4, -0.2) is 33.1 Å². The van der Waals surface area contributed by atoms with Crippen LogP contribution in [0.15, 0.2) is 29.2 Å². The summed E-state index contributed by atoms with van der Waals surface area (Å²) in [5.74, 6) is -0.560. The van der Waals surface area contributed by atoms with Crippen LogP contribution in [0.4, 0.5) is 0 Å². The van der Waals surface area contributed by atoms with E-state index in [0.29, 0.717) is 0 Å². The van der Waals surface area contributed by atoms with Gasteiger partial charge in [-0.2, -0.15) is 4.72 Å². The van der Waals surface area contributed by atoms with Crippen molar-refractivity contribution in [1.82, 2.24) is 4.72 Å². The quantitative estimate of drug-likeness (QED) is 0.790. The zero-order valence-corrected chi connectivity index (χ0v) is 11.4. The summed E-state index contributed by atoms with van der Waals surface area (Å²) in [6, 6.07) is 6.48. The number of nitrogens with one attached hydrogen (secondary N) is 1. The molecule has 0 aromatic heterocycles. The second-order valence-corrected chi connectivity index (χ2v) is 6.52. The van der Waals surface area contributed by atoms with Gasteiger partial charge < -0.3 is 10.5 Å². The van der Waals surface area contributed by atoms with E-state index < -0.39 is 21.5 Å². The highest BCUT2D eigenvalue weighted by atomic mass is 32.2. The van der Waals surface area contributed by atoms with Gasteiger partial charge in [-0.25, -0.2) is 8.42 Å². The fourth-order valence-corrected chi connectivity index (χ4v) is 3.31. The van der Waals surface area contributed by atoms with Gasteiger partial charge in [-0.15, -0.1) is 0 Å². The predicted octanol–water partition coefficient (Wildman–Crippen LogP) is -0.0823. The monoisotopic (exact) mass is 284 g/mol. The van der Waals surface area contributed by atoms with Crippen LogP contribution >= 0.6 is 0 Å². The first kappa shape index (κ1) is 14.0. The van der Waals surface area contributed by atoms with E-state index in [2.05, 4.69) is 4.72 Å². The summed E-state index contributed by atoms with van der Waals surface area (Å²) in [6.45, 7) is 2.18. The van der Waals surface area contributed by atoms with Crippen LogP contribution in [0.25, 0.3) is 0 Å². The average Bonchev–Trinajstić information content (AvgIpc) is 2.25. The second kappa shape index (κ2) is 4.92. The van der Waals surface area contributed by atoms with E-state index in [1.54, 1.807) is 12.1 Å². The van der Waals surface area contributed by atoms with Gasteiger partial charge in [0.15, 0.2) is 0 Å². The summed E-state index contributed by atoms with van der Waals surface area (Å²) in [6.07, 6.45) is -0.0713. The molecule has 0 aliphatic carbocycles. The fraction of sp³-hybridized carbons (Fsp3) is 0.417. The maximum atomic E-state index is 12.2. The molecule has 0 radical (unpaired) electrons. The molecule has 2 rings (SSSR count). The zero-order chi connectivity index (χ0) is 14.1. The number of aryl methyl sites for hydroxylation is 1. The molecule has 6 nitrogen and oxygen atoms in total. The number of primary amides is 1. The van der Waals surface area contributed by atoms with Gasteiger partial charge in [0.2, 0.25) is 15.9 Å². The van der Waals surface area contributed by atoms with Gasteiger partial charge in [0.05, 0.1) is 30.1 Å². The van der Waals surface area contributed by atoms with E-state index in [0.717, 1.165) is 5.56 Å². The van der Waals surface area contributed by atoms with Gasteiger partial charge in [0.25, 0.3) is 0 Å². The lowest BCUT2D eigenvalue weighted by atomic mass is 9.94. The Bertz CT molecular complexity index is 576. The highest BCUT2D eigenvalue weighted by Crippen LogP contribution is 2.24. The van der Waals surface area contributed by atoms with Crippen LogP contribution in [0.2, 0.25) is 0 Å². The molecule has 1 aromatic rings. The first-order valence-corrected chi connectivity index (χ1v) is 7.28. The molecular weight excluding hydrogens is 268 g/mol. The Balaban J connectivity index is 2.21. The van der Waals surface area contributed by atoms with Crippen molar-refractivity contribution in [3.8, 4) is 0 Å². The molecule has 0 atom stereocenters. The molecule has 3 N–H and O–H groups in total. The summed E-state index contributed by atoms with van der Waals surface area (Å²) in [5, 5.41) is 0. The molecule has 1 fully saturated rings. The number of carbonyl (C=O) groups is 1. The largest absolute Gasteiger partial charge is 0.377 e. The molecule has 1 aliphatic rings. The third kappa shape index (κ3) is 3.12. The van der Waals surface area contributed by atoms with Gasteiger partial charge >= 0.3 is 0 Å². The van der Waals surface area contributed by atoms with E-state index in [1.165, 1.54) is 12.1 Å². The molecule has 0 spiro atoms. The number of hydrogen-bond acceptors (Lipinski definition) is 4. The van der Waals surface area contributed by atoms with Crippen LogP contribution in [0, 0.1) is 6.92 Å². The minimum absolute atomic E-state index is 0.0713. The Morgan fingerprint density at radius 1 is 1.37 bits per heavy atom. The van der Waals surface area contributed by atoms with Crippen LogP contribution in [-0.2, 0) is 19.6 Å².